The molecule has 0 radical (unpaired) electrons. The predicted octanol–water partition coefficient (Wildman–Crippen LogP) is 3.89. The molecule has 1 saturated carbocycles. The Morgan fingerprint density at radius 1 is 1.21 bits per heavy atom. The van der Waals surface area contributed by atoms with E-state index in [4.69, 9.17) is 0 Å². The van der Waals surface area contributed by atoms with E-state index in [1.165, 1.54) is 63.7 Å². The first-order valence-electron chi connectivity index (χ1n) is 12.3. The van der Waals surface area contributed by atoms with Crippen molar-refractivity contribution in [2.45, 2.75) is 83.3 Å². The maximum atomic E-state index is 10.5. The maximum Gasteiger partial charge on any atom is 0.0721 e. The topological polar surface area (TPSA) is 55.7 Å². The molecule has 0 aromatic heterocycles. The van der Waals surface area contributed by atoms with Crippen molar-refractivity contribution in [2.24, 2.45) is 17.8 Å². The number of unbranched alkanes of at least 4 members (excludes halogenated alkanes) is 2. The Balaban J connectivity index is 1.34. The molecule has 2 aliphatic carbocycles. The highest BCUT2D eigenvalue weighted by Crippen LogP contribution is 2.47. The van der Waals surface area contributed by atoms with Gasteiger partial charge >= 0.3 is 0 Å². The standard InChI is InChI=1S/C25H44N2O2/c1-2-3-5-9-22(28)10-11-23-24-17-20(16-21(24)18-25(23)29)19-26-12-8-15-27-13-6-4-7-14-27/h10-11,16,21-26,28-29H,2-9,12-15,17-19H2,1H3/b11-10+/t21-,22-,23+,24-,25+/m0/s1. The molecule has 166 valence electrons. The van der Waals surface area contributed by atoms with E-state index in [9.17, 15) is 10.2 Å². The molecular formula is C25H44N2O2. The van der Waals surface area contributed by atoms with Crippen LogP contribution in [0.25, 0.3) is 0 Å². The zero-order valence-electron chi connectivity index (χ0n) is 18.6. The second-order valence-corrected chi connectivity index (χ2v) is 9.62. The summed E-state index contributed by atoms with van der Waals surface area (Å²) in [6.45, 7) is 8.10. The van der Waals surface area contributed by atoms with E-state index in [1.807, 2.05) is 6.08 Å². The fourth-order valence-corrected chi connectivity index (χ4v) is 5.55. The molecule has 29 heavy (non-hydrogen) atoms. The summed E-state index contributed by atoms with van der Waals surface area (Å²) >= 11 is 0. The van der Waals surface area contributed by atoms with Crippen LogP contribution in [-0.2, 0) is 0 Å². The first-order chi connectivity index (χ1) is 14.2. The summed E-state index contributed by atoms with van der Waals surface area (Å²) in [4.78, 5) is 2.61. The Kier molecular flexibility index (Phi) is 9.71. The predicted molar refractivity (Wildman–Crippen MR) is 121 cm³/mol. The quantitative estimate of drug-likeness (QED) is 0.341. The molecule has 0 aromatic rings. The summed E-state index contributed by atoms with van der Waals surface area (Å²) in [6.07, 6.45) is 17.5. The molecule has 3 aliphatic rings. The van der Waals surface area contributed by atoms with Gasteiger partial charge in [0.1, 0.15) is 0 Å². The van der Waals surface area contributed by atoms with Gasteiger partial charge in [0, 0.05) is 12.5 Å². The van der Waals surface area contributed by atoms with Crippen LogP contribution in [0.1, 0.15) is 71.1 Å². The van der Waals surface area contributed by atoms with Crippen LogP contribution in [0, 0.1) is 17.8 Å². The minimum atomic E-state index is -0.358. The van der Waals surface area contributed by atoms with Gasteiger partial charge < -0.3 is 20.4 Å². The van der Waals surface area contributed by atoms with E-state index in [-0.39, 0.29) is 18.1 Å². The third kappa shape index (κ3) is 7.20. The van der Waals surface area contributed by atoms with Crippen molar-refractivity contribution in [1.29, 1.82) is 0 Å². The number of aliphatic hydroxyl groups excluding tert-OH is 2. The second-order valence-electron chi connectivity index (χ2n) is 9.62. The lowest BCUT2D eigenvalue weighted by Gasteiger charge is -2.26. The number of allylic oxidation sites excluding steroid dienone is 1. The van der Waals surface area contributed by atoms with Crippen LogP contribution in [0.2, 0.25) is 0 Å². The van der Waals surface area contributed by atoms with Gasteiger partial charge in [-0.25, -0.2) is 0 Å². The molecular weight excluding hydrogens is 360 g/mol. The van der Waals surface area contributed by atoms with Gasteiger partial charge in [-0.3, -0.25) is 0 Å². The maximum absolute atomic E-state index is 10.5. The molecule has 4 heteroatoms. The highest BCUT2D eigenvalue weighted by molar-refractivity contribution is 5.21. The summed E-state index contributed by atoms with van der Waals surface area (Å²) in [5.41, 5.74) is 1.52. The Bertz CT molecular complexity index is 527. The Labute approximate surface area is 178 Å². The molecule has 2 fully saturated rings. The first kappa shape index (κ1) is 23.0. The van der Waals surface area contributed by atoms with Gasteiger partial charge in [-0.1, -0.05) is 56.4 Å². The Morgan fingerprint density at radius 2 is 2.03 bits per heavy atom. The van der Waals surface area contributed by atoms with E-state index >= 15 is 0 Å². The van der Waals surface area contributed by atoms with Crippen LogP contribution in [0.15, 0.2) is 23.8 Å². The normalized spacial score (nSPS) is 31.3. The molecule has 4 nitrogen and oxygen atoms in total. The summed E-state index contributed by atoms with van der Waals surface area (Å²) < 4.78 is 0. The van der Waals surface area contributed by atoms with Crippen LogP contribution in [0.5, 0.6) is 0 Å². The second kappa shape index (κ2) is 12.2. The number of rotatable bonds is 12. The summed E-state index contributed by atoms with van der Waals surface area (Å²) in [6, 6.07) is 0. The number of nitrogens with zero attached hydrogens (tertiary/aromatic N) is 1. The molecule has 1 aliphatic heterocycles. The SMILES string of the molecule is CCCCC[C@H](O)/C=C/[C@@H]1[C@H]2CC(CNCCCN3CCCCC3)=C[C@H]2C[C@H]1O. The summed E-state index contributed by atoms with van der Waals surface area (Å²) in [7, 11) is 0. The van der Waals surface area contributed by atoms with Crippen LogP contribution < -0.4 is 5.32 Å². The van der Waals surface area contributed by atoms with Gasteiger partial charge in [0.15, 0.2) is 0 Å². The fourth-order valence-electron chi connectivity index (χ4n) is 5.55. The van der Waals surface area contributed by atoms with Crippen LogP contribution in [0.4, 0.5) is 0 Å². The molecule has 5 atom stereocenters. The average molecular weight is 405 g/mol. The zero-order chi connectivity index (χ0) is 20.5. The van der Waals surface area contributed by atoms with Crippen molar-refractivity contribution in [3.8, 4) is 0 Å². The van der Waals surface area contributed by atoms with Crippen LogP contribution in [-0.4, -0.2) is 60.0 Å². The van der Waals surface area contributed by atoms with Crippen LogP contribution >= 0.6 is 0 Å². The van der Waals surface area contributed by atoms with Crippen molar-refractivity contribution in [1.82, 2.24) is 10.2 Å². The van der Waals surface area contributed by atoms with Crippen LogP contribution in [0.3, 0.4) is 0 Å². The number of piperidine rings is 1. The minimum absolute atomic E-state index is 0.202. The van der Waals surface area contributed by atoms with Crippen molar-refractivity contribution in [3.63, 3.8) is 0 Å². The van der Waals surface area contributed by atoms with E-state index in [1.54, 1.807) is 0 Å². The number of likely N-dealkylation sites (tertiary alicyclic amines) is 1. The number of nitrogens with one attached hydrogen (secondary N) is 1. The number of hydrogen-bond acceptors (Lipinski definition) is 4. The number of aliphatic hydroxyl groups is 2. The molecule has 3 N–H and O–H groups in total. The molecule has 3 rings (SSSR count). The Hall–Kier alpha value is -0.680. The number of fused-ring (bicyclic) bond motifs is 1. The smallest absolute Gasteiger partial charge is 0.0721 e. The van der Waals surface area contributed by atoms with E-state index in [0.717, 1.165) is 38.8 Å². The summed E-state index contributed by atoms with van der Waals surface area (Å²) in [5, 5.41) is 24.3. The van der Waals surface area contributed by atoms with Gasteiger partial charge in [-0.05, 0) is 76.5 Å². The molecule has 1 saturated heterocycles. The van der Waals surface area contributed by atoms with E-state index in [0.29, 0.717) is 11.8 Å². The fraction of sp³-hybridized carbons (Fsp3) is 0.840. The van der Waals surface area contributed by atoms with Crippen molar-refractivity contribution < 1.29 is 10.2 Å². The Morgan fingerprint density at radius 3 is 2.83 bits per heavy atom. The highest BCUT2D eigenvalue weighted by atomic mass is 16.3. The van der Waals surface area contributed by atoms with Crippen molar-refractivity contribution in [2.75, 3.05) is 32.7 Å². The van der Waals surface area contributed by atoms with Gasteiger partial charge in [0.05, 0.1) is 12.2 Å². The lowest BCUT2D eigenvalue weighted by Crippen LogP contribution is -2.32. The first-order valence-corrected chi connectivity index (χ1v) is 12.3. The molecule has 0 amide bonds. The number of hydrogen-bond donors (Lipinski definition) is 3. The molecule has 0 spiro atoms. The van der Waals surface area contributed by atoms with Gasteiger partial charge in [-0.2, -0.15) is 0 Å². The van der Waals surface area contributed by atoms with Gasteiger partial charge in [0.2, 0.25) is 0 Å². The lowest BCUT2D eigenvalue weighted by molar-refractivity contribution is 0.139. The average Bonchev–Trinajstić information content (AvgIpc) is 3.23. The monoisotopic (exact) mass is 404 g/mol. The van der Waals surface area contributed by atoms with Crippen molar-refractivity contribution in [3.05, 3.63) is 23.8 Å². The molecule has 0 bridgehead atoms. The minimum Gasteiger partial charge on any atom is -0.392 e. The van der Waals surface area contributed by atoms with E-state index in [2.05, 4.69) is 29.3 Å². The largest absolute Gasteiger partial charge is 0.392 e. The lowest BCUT2D eigenvalue weighted by atomic mass is 9.89. The molecule has 0 unspecified atom stereocenters. The third-order valence-electron chi connectivity index (χ3n) is 7.24. The van der Waals surface area contributed by atoms with Gasteiger partial charge in [0.25, 0.3) is 0 Å². The van der Waals surface area contributed by atoms with Gasteiger partial charge in [-0.15, -0.1) is 0 Å². The third-order valence-corrected chi connectivity index (χ3v) is 7.24. The molecule has 0 aromatic carbocycles. The highest BCUT2D eigenvalue weighted by Gasteiger charge is 2.43. The zero-order valence-corrected chi connectivity index (χ0v) is 18.6. The molecule has 1 heterocycles. The van der Waals surface area contributed by atoms with Crippen molar-refractivity contribution >= 4 is 0 Å². The van der Waals surface area contributed by atoms with E-state index < -0.39 is 0 Å². The summed E-state index contributed by atoms with van der Waals surface area (Å²) in [5.74, 6) is 1.24.